The maximum Gasteiger partial charge on any atom is 0.174 e. The summed E-state index contributed by atoms with van der Waals surface area (Å²) in [5, 5.41) is 14.7. The number of ether oxygens (including phenoxy) is 2. The third kappa shape index (κ3) is 4.11. The normalized spacial score (nSPS) is 11.1. The predicted molar refractivity (Wildman–Crippen MR) is 106 cm³/mol. The summed E-state index contributed by atoms with van der Waals surface area (Å²) in [5.41, 5.74) is 1.62. The van der Waals surface area contributed by atoms with Gasteiger partial charge in [0, 0.05) is 6.54 Å². The van der Waals surface area contributed by atoms with Gasteiger partial charge in [0.15, 0.2) is 23.1 Å². The highest BCUT2D eigenvalue weighted by Crippen LogP contribution is 2.29. The molecule has 1 N–H and O–H groups in total. The van der Waals surface area contributed by atoms with E-state index >= 15 is 0 Å². The van der Waals surface area contributed by atoms with Crippen LogP contribution in [0.5, 0.6) is 17.2 Å². The van der Waals surface area contributed by atoms with E-state index in [0.717, 1.165) is 18.5 Å². The first kappa shape index (κ1) is 18.5. The van der Waals surface area contributed by atoms with Crippen molar-refractivity contribution in [1.29, 1.82) is 0 Å². The molecule has 0 aliphatic rings. The molecule has 1 aromatic heterocycles. The zero-order valence-corrected chi connectivity index (χ0v) is 15.7. The van der Waals surface area contributed by atoms with Crippen molar-refractivity contribution in [3.8, 4) is 28.6 Å². The molecule has 0 amide bonds. The fourth-order valence-corrected chi connectivity index (χ4v) is 2.79. The Morgan fingerprint density at radius 1 is 1.04 bits per heavy atom. The van der Waals surface area contributed by atoms with Crippen LogP contribution in [-0.2, 0) is 6.54 Å². The Hall–Kier alpha value is -3.28. The summed E-state index contributed by atoms with van der Waals surface area (Å²) in [5.74, 6) is 2.77. The van der Waals surface area contributed by atoms with E-state index in [-0.39, 0.29) is 5.75 Å². The summed E-state index contributed by atoms with van der Waals surface area (Å²) < 4.78 is 12.4. The Bertz CT molecular complexity index is 948. The lowest BCUT2D eigenvalue weighted by Gasteiger charge is -2.07. The van der Waals surface area contributed by atoms with Gasteiger partial charge in [0.05, 0.1) is 19.8 Å². The van der Waals surface area contributed by atoms with E-state index in [9.17, 15) is 5.11 Å². The Labute approximate surface area is 158 Å². The van der Waals surface area contributed by atoms with Gasteiger partial charge >= 0.3 is 0 Å². The number of methoxy groups -OCH3 is 2. The van der Waals surface area contributed by atoms with Gasteiger partial charge in [-0.3, -0.25) is 0 Å². The number of aromatic nitrogens is 3. The molecule has 0 unspecified atom stereocenters. The molecular formula is C21H23N3O3. The average molecular weight is 365 g/mol. The second-order valence-electron chi connectivity index (χ2n) is 5.98. The minimum Gasteiger partial charge on any atom is -0.507 e. The standard InChI is InChI=1S/C21H23N3O3/c1-4-13-24-21(16-7-5-6-8-17(16)25)22-20(23-24)12-10-15-9-11-18(26-2)19(14-15)27-3/h5-12,14,25H,4,13H2,1-3H3/b12-10+. The molecular weight excluding hydrogens is 342 g/mol. The van der Waals surface area contributed by atoms with Crippen molar-refractivity contribution in [3.63, 3.8) is 0 Å². The van der Waals surface area contributed by atoms with E-state index in [1.165, 1.54) is 0 Å². The van der Waals surface area contributed by atoms with E-state index in [2.05, 4.69) is 17.0 Å². The third-order valence-electron chi connectivity index (χ3n) is 4.10. The number of phenolic OH excluding ortho intramolecular Hbond substituents is 1. The molecule has 6 nitrogen and oxygen atoms in total. The van der Waals surface area contributed by atoms with Gasteiger partial charge in [-0.1, -0.05) is 31.2 Å². The first-order valence-corrected chi connectivity index (χ1v) is 8.79. The van der Waals surface area contributed by atoms with Gasteiger partial charge in [-0.2, -0.15) is 5.10 Å². The van der Waals surface area contributed by atoms with Crippen LogP contribution in [0, 0.1) is 0 Å². The molecule has 2 aromatic carbocycles. The van der Waals surface area contributed by atoms with Crippen molar-refractivity contribution in [1.82, 2.24) is 14.8 Å². The van der Waals surface area contributed by atoms with E-state index in [1.807, 2.05) is 47.2 Å². The molecule has 0 spiro atoms. The monoisotopic (exact) mass is 365 g/mol. The number of nitrogens with zero attached hydrogens (tertiary/aromatic N) is 3. The summed E-state index contributed by atoms with van der Waals surface area (Å²) in [6.45, 7) is 2.80. The highest BCUT2D eigenvalue weighted by molar-refractivity contribution is 5.70. The van der Waals surface area contributed by atoms with Crippen LogP contribution in [0.25, 0.3) is 23.5 Å². The van der Waals surface area contributed by atoms with Crippen molar-refractivity contribution in [3.05, 3.63) is 53.9 Å². The molecule has 27 heavy (non-hydrogen) atoms. The summed E-state index contributed by atoms with van der Waals surface area (Å²) in [6, 6.07) is 12.8. The Balaban J connectivity index is 1.93. The molecule has 3 aromatic rings. The van der Waals surface area contributed by atoms with Crippen LogP contribution < -0.4 is 9.47 Å². The fourth-order valence-electron chi connectivity index (χ4n) is 2.79. The molecule has 140 valence electrons. The molecule has 0 atom stereocenters. The van der Waals surface area contributed by atoms with Crippen LogP contribution in [0.3, 0.4) is 0 Å². The Morgan fingerprint density at radius 3 is 2.52 bits per heavy atom. The molecule has 0 saturated heterocycles. The van der Waals surface area contributed by atoms with Crippen LogP contribution in [0.2, 0.25) is 0 Å². The van der Waals surface area contributed by atoms with Crippen LogP contribution in [0.4, 0.5) is 0 Å². The SMILES string of the molecule is CCCn1nc(/C=C/c2ccc(OC)c(OC)c2)nc1-c1ccccc1O. The predicted octanol–water partition coefficient (Wildman–Crippen LogP) is 4.25. The molecule has 0 saturated carbocycles. The van der Waals surface area contributed by atoms with Crippen molar-refractivity contribution in [2.45, 2.75) is 19.9 Å². The van der Waals surface area contributed by atoms with Crippen molar-refractivity contribution >= 4 is 12.2 Å². The quantitative estimate of drug-likeness (QED) is 0.678. The summed E-state index contributed by atoms with van der Waals surface area (Å²) in [4.78, 5) is 4.60. The van der Waals surface area contributed by atoms with Crippen LogP contribution in [0.15, 0.2) is 42.5 Å². The number of para-hydroxylation sites is 1. The van der Waals surface area contributed by atoms with Crippen molar-refractivity contribution in [2.75, 3.05) is 14.2 Å². The second kappa shape index (κ2) is 8.40. The minimum absolute atomic E-state index is 0.192. The molecule has 1 heterocycles. The van der Waals surface area contributed by atoms with Gasteiger partial charge in [0.1, 0.15) is 5.75 Å². The van der Waals surface area contributed by atoms with Gasteiger partial charge < -0.3 is 14.6 Å². The van der Waals surface area contributed by atoms with E-state index in [0.29, 0.717) is 28.7 Å². The maximum absolute atomic E-state index is 10.2. The number of aryl methyl sites for hydroxylation is 1. The molecule has 0 aliphatic heterocycles. The minimum atomic E-state index is 0.192. The highest BCUT2D eigenvalue weighted by atomic mass is 16.5. The lowest BCUT2D eigenvalue weighted by atomic mass is 10.2. The first-order valence-electron chi connectivity index (χ1n) is 8.79. The molecule has 0 fully saturated rings. The number of hydrogen-bond acceptors (Lipinski definition) is 5. The van der Waals surface area contributed by atoms with Crippen LogP contribution >= 0.6 is 0 Å². The molecule has 6 heteroatoms. The lowest BCUT2D eigenvalue weighted by Crippen LogP contribution is -2.02. The summed E-state index contributed by atoms with van der Waals surface area (Å²) in [6.07, 6.45) is 4.68. The zero-order valence-electron chi connectivity index (χ0n) is 15.7. The number of hydrogen-bond donors (Lipinski definition) is 1. The third-order valence-corrected chi connectivity index (χ3v) is 4.10. The van der Waals surface area contributed by atoms with E-state index < -0.39 is 0 Å². The van der Waals surface area contributed by atoms with Crippen LogP contribution in [-0.4, -0.2) is 34.1 Å². The highest BCUT2D eigenvalue weighted by Gasteiger charge is 2.13. The summed E-state index contributed by atoms with van der Waals surface area (Å²) in [7, 11) is 3.22. The second-order valence-corrected chi connectivity index (χ2v) is 5.98. The number of phenols is 1. The molecule has 0 aliphatic carbocycles. The smallest absolute Gasteiger partial charge is 0.174 e. The largest absolute Gasteiger partial charge is 0.507 e. The topological polar surface area (TPSA) is 69.4 Å². The van der Waals surface area contributed by atoms with E-state index in [4.69, 9.17) is 9.47 Å². The van der Waals surface area contributed by atoms with Gasteiger partial charge in [-0.25, -0.2) is 9.67 Å². The Morgan fingerprint density at radius 2 is 1.81 bits per heavy atom. The molecule has 0 bridgehead atoms. The van der Waals surface area contributed by atoms with Crippen LogP contribution in [0.1, 0.15) is 24.7 Å². The lowest BCUT2D eigenvalue weighted by molar-refractivity contribution is 0.355. The van der Waals surface area contributed by atoms with Gasteiger partial charge in [0.25, 0.3) is 0 Å². The maximum atomic E-state index is 10.2. The first-order chi connectivity index (χ1) is 13.2. The van der Waals surface area contributed by atoms with Gasteiger partial charge in [-0.05, 0) is 42.3 Å². The average Bonchev–Trinajstić information content (AvgIpc) is 3.09. The molecule has 0 radical (unpaired) electrons. The zero-order chi connectivity index (χ0) is 19.2. The number of rotatable bonds is 7. The summed E-state index contributed by atoms with van der Waals surface area (Å²) >= 11 is 0. The number of benzene rings is 2. The molecule has 3 rings (SSSR count). The van der Waals surface area contributed by atoms with Crippen molar-refractivity contribution in [2.24, 2.45) is 0 Å². The van der Waals surface area contributed by atoms with E-state index in [1.54, 1.807) is 26.4 Å². The fraction of sp³-hybridized carbons (Fsp3) is 0.238. The van der Waals surface area contributed by atoms with Gasteiger partial charge in [0.2, 0.25) is 0 Å². The van der Waals surface area contributed by atoms with Gasteiger partial charge in [-0.15, -0.1) is 0 Å². The Kier molecular flexibility index (Phi) is 5.76. The number of aromatic hydroxyl groups is 1. The van der Waals surface area contributed by atoms with Crippen molar-refractivity contribution < 1.29 is 14.6 Å².